The van der Waals surface area contributed by atoms with Crippen molar-refractivity contribution in [2.45, 2.75) is 31.9 Å². The lowest BCUT2D eigenvalue weighted by Gasteiger charge is -2.35. The van der Waals surface area contributed by atoms with Crippen molar-refractivity contribution in [1.29, 1.82) is 0 Å². The van der Waals surface area contributed by atoms with Crippen molar-refractivity contribution in [2.24, 2.45) is 0 Å². The summed E-state index contributed by atoms with van der Waals surface area (Å²) in [5.41, 5.74) is 0.358. The van der Waals surface area contributed by atoms with Gasteiger partial charge in [-0.05, 0) is 38.4 Å². The maximum absolute atomic E-state index is 10.7. The van der Waals surface area contributed by atoms with Crippen LogP contribution in [-0.2, 0) is 0 Å². The van der Waals surface area contributed by atoms with Crippen LogP contribution in [0.15, 0.2) is 24.3 Å². The topological polar surface area (TPSA) is 38.3 Å². The van der Waals surface area contributed by atoms with E-state index in [9.17, 15) is 4.79 Å². The van der Waals surface area contributed by atoms with Gasteiger partial charge >= 0.3 is 0 Å². The van der Waals surface area contributed by atoms with Crippen molar-refractivity contribution in [3.05, 3.63) is 29.8 Å². The van der Waals surface area contributed by atoms with Gasteiger partial charge in [-0.1, -0.05) is 12.1 Å². The van der Waals surface area contributed by atoms with Crippen LogP contribution in [0.2, 0.25) is 0 Å². The molecule has 0 radical (unpaired) electrons. The Morgan fingerprint density at radius 1 is 1.44 bits per heavy atom. The predicted molar refractivity (Wildman–Crippen MR) is 62.7 cm³/mol. The van der Waals surface area contributed by atoms with E-state index in [0.29, 0.717) is 5.56 Å². The van der Waals surface area contributed by atoms with Gasteiger partial charge < -0.3 is 4.74 Å². The lowest BCUT2D eigenvalue weighted by Crippen LogP contribution is -2.50. The zero-order chi connectivity index (χ0) is 11.4. The number of hydrogen-bond donors (Lipinski definition) is 1. The van der Waals surface area contributed by atoms with Gasteiger partial charge in [-0.2, -0.15) is 0 Å². The molecule has 3 nitrogen and oxygen atoms in total. The summed E-state index contributed by atoms with van der Waals surface area (Å²) in [6.45, 7) is 3.05. The molecule has 0 saturated carbocycles. The van der Waals surface area contributed by atoms with Gasteiger partial charge in [0.2, 0.25) is 0 Å². The lowest BCUT2D eigenvalue weighted by molar-refractivity contribution is 0.0254. The zero-order valence-corrected chi connectivity index (χ0v) is 9.53. The van der Waals surface area contributed by atoms with Crippen LogP contribution in [0.5, 0.6) is 5.75 Å². The third-order valence-electron chi connectivity index (χ3n) is 2.92. The second-order valence-corrected chi connectivity index (χ2v) is 4.41. The van der Waals surface area contributed by atoms with Crippen LogP contribution in [0.3, 0.4) is 0 Å². The molecule has 3 heteroatoms. The molecule has 1 N–H and O–H groups in total. The minimum Gasteiger partial charge on any atom is -0.473 e. The largest absolute Gasteiger partial charge is 0.473 e. The summed E-state index contributed by atoms with van der Waals surface area (Å²) in [4.78, 5) is 10.7. The van der Waals surface area contributed by atoms with Crippen LogP contribution < -0.4 is 10.1 Å². The number of hydrogen-bond acceptors (Lipinski definition) is 3. The molecular weight excluding hydrogens is 202 g/mol. The number of carbonyl (C=O) groups is 1. The van der Waals surface area contributed by atoms with Crippen molar-refractivity contribution < 1.29 is 9.53 Å². The third kappa shape index (κ3) is 2.61. The van der Waals surface area contributed by atoms with Gasteiger partial charge in [0, 0.05) is 12.0 Å². The highest BCUT2D eigenvalue weighted by atomic mass is 16.5. The molecule has 2 rings (SSSR count). The molecule has 16 heavy (non-hydrogen) atoms. The maximum atomic E-state index is 10.7. The summed E-state index contributed by atoms with van der Waals surface area (Å²) in [6, 6.07) is 7.27. The Bertz CT molecular complexity index is 370. The van der Waals surface area contributed by atoms with Crippen molar-refractivity contribution in [3.63, 3.8) is 0 Å². The van der Waals surface area contributed by atoms with Crippen molar-refractivity contribution in [1.82, 2.24) is 5.32 Å². The Morgan fingerprint density at radius 3 is 3.00 bits per heavy atom. The van der Waals surface area contributed by atoms with E-state index in [0.717, 1.165) is 25.0 Å². The molecule has 0 bridgehead atoms. The van der Waals surface area contributed by atoms with Crippen LogP contribution in [0.1, 0.15) is 36.5 Å². The second-order valence-electron chi connectivity index (χ2n) is 4.41. The van der Waals surface area contributed by atoms with Crippen molar-refractivity contribution in [2.75, 3.05) is 6.54 Å². The van der Waals surface area contributed by atoms with Crippen LogP contribution in [0, 0.1) is 0 Å². The van der Waals surface area contributed by atoms with Gasteiger partial charge in [-0.15, -0.1) is 0 Å². The summed E-state index contributed by atoms with van der Waals surface area (Å²) in [5.74, 6) is 0.751. The number of benzene rings is 1. The van der Waals surface area contributed by atoms with E-state index in [1.54, 1.807) is 12.1 Å². The lowest BCUT2D eigenvalue weighted by atomic mass is 10.0. The van der Waals surface area contributed by atoms with Gasteiger partial charge in [0.05, 0.1) is 0 Å². The molecule has 1 atom stereocenters. The summed E-state index contributed by atoms with van der Waals surface area (Å²) < 4.78 is 5.92. The van der Waals surface area contributed by atoms with Gasteiger partial charge in [0.15, 0.2) is 5.72 Å². The molecule has 0 unspecified atom stereocenters. The van der Waals surface area contributed by atoms with Gasteiger partial charge in [-0.3, -0.25) is 10.1 Å². The minimum atomic E-state index is -0.292. The van der Waals surface area contributed by atoms with Gasteiger partial charge in [-0.25, -0.2) is 0 Å². The average molecular weight is 219 g/mol. The molecule has 1 aromatic carbocycles. The van der Waals surface area contributed by atoms with E-state index in [2.05, 4.69) is 12.2 Å². The first-order valence-corrected chi connectivity index (χ1v) is 5.71. The smallest absolute Gasteiger partial charge is 0.158 e. The third-order valence-corrected chi connectivity index (χ3v) is 2.92. The Hall–Kier alpha value is -1.35. The summed E-state index contributed by atoms with van der Waals surface area (Å²) in [5, 5.41) is 3.37. The normalized spacial score (nSPS) is 25.1. The Kier molecular flexibility index (Phi) is 3.25. The Labute approximate surface area is 95.8 Å². The Balaban J connectivity index is 2.09. The molecule has 1 aromatic rings. The first-order chi connectivity index (χ1) is 7.72. The van der Waals surface area contributed by atoms with Crippen molar-refractivity contribution >= 4 is 6.29 Å². The molecule has 0 aromatic heterocycles. The highest BCUT2D eigenvalue weighted by molar-refractivity contribution is 5.75. The zero-order valence-electron chi connectivity index (χ0n) is 9.53. The molecule has 1 aliphatic heterocycles. The molecule has 1 heterocycles. The fourth-order valence-corrected chi connectivity index (χ4v) is 2.03. The van der Waals surface area contributed by atoms with Crippen LogP contribution >= 0.6 is 0 Å². The SMILES string of the molecule is C[C@@]1(Oc2cccc(C=O)c2)CCCCN1. The summed E-state index contributed by atoms with van der Waals surface area (Å²) >= 11 is 0. The number of aldehydes is 1. The molecule has 1 aliphatic rings. The van der Waals surface area contributed by atoms with E-state index in [4.69, 9.17) is 4.74 Å². The van der Waals surface area contributed by atoms with E-state index in [1.807, 2.05) is 12.1 Å². The average Bonchev–Trinajstić information content (AvgIpc) is 2.29. The van der Waals surface area contributed by atoms with Gasteiger partial charge in [0.1, 0.15) is 12.0 Å². The highest BCUT2D eigenvalue weighted by Crippen LogP contribution is 2.24. The Morgan fingerprint density at radius 2 is 2.31 bits per heavy atom. The molecule has 1 saturated heterocycles. The molecular formula is C13H17NO2. The number of ether oxygens (including phenoxy) is 1. The maximum Gasteiger partial charge on any atom is 0.158 e. The standard InChI is InChI=1S/C13H17NO2/c1-13(7-2-3-8-14-13)16-12-6-4-5-11(9-12)10-15/h4-6,9-10,14H,2-3,7-8H2,1H3/t13-/m1/s1. The number of nitrogens with one attached hydrogen (secondary N) is 1. The first kappa shape index (κ1) is 11.1. The number of piperidine rings is 1. The number of carbonyl (C=O) groups excluding carboxylic acids is 1. The van der Waals surface area contributed by atoms with E-state index in [-0.39, 0.29) is 5.72 Å². The molecule has 0 amide bonds. The molecule has 1 fully saturated rings. The van der Waals surface area contributed by atoms with Crippen LogP contribution in [0.25, 0.3) is 0 Å². The molecule has 0 aliphatic carbocycles. The van der Waals surface area contributed by atoms with E-state index in [1.165, 1.54) is 12.8 Å². The van der Waals surface area contributed by atoms with E-state index >= 15 is 0 Å². The molecule has 0 spiro atoms. The quantitative estimate of drug-likeness (QED) is 0.793. The van der Waals surface area contributed by atoms with Crippen molar-refractivity contribution in [3.8, 4) is 5.75 Å². The van der Waals surface area contributed by atoms with E-state index < -0.39 is 0 Å². The fourth-order valence-electron chi connectivity index (χ4n) is 2.03. The predicted octanol–water partition coefficient (Wildman–Crippen LogP) is 2.37. The summed E-state index contributed by atoms with van der Waals surface area (Å²) in [6.07, 6.45) is 4.21. The minimum absolute atomic E-state index is 0.292. The van der Waals surface area contributed by atoms with Crippen LogP contribution in [-0.4, -0.2) is 18.6 Å². The van der Waals surface area contributed by atoms with Crippen LogP contribution in [0.4, 0.5) is 0 Å². The molecule has 86 valence electrons. The fraction of sp³-hybridized carbons (Fsp3) is 0.462. The number of rotatable bonds is 3. The summed E-state index contributed by atoms with van der Waals surface area (Å²) in [7, 11) is 0. The first-order valence-electron chi connectivity index (χ1n) is 5.71. The highest BCUT2D eigenvalue weighted by Gasteiger charge is 2.27. The monoisotopic (exact) mass is 219 g/mol. The van der Waals surface area contributed by atoms with Gasteiger partial charge in [0.25, 0.3) is 0 Å². The second kappa shape index (κ2) is 4.66.